The molecule has 0 radical (unpaired) electrons. The van der Waals surface area contributed by atoms with E-state index in [2.05, 4.69) is 10.4 Å². The minimum atomic E-state index is -0.748. The lowest BCUT2D eigenvalue weighted by atomic mass is 10.3. The van der Waals surface area contributed by atoms with Crippen LogP contribution < -0.4 is 20.5 Å². The highest BCUT2D eigenvalue weighted by Gasteiger charge is 2.17. The SMILES string of the molecule is O=C(Cn1nc(-c2ccco2)oc1=O)Nc1ccc2c(c1)OCO2. The molecule has 9 nitrogen and oxygen atoms in total. The van der Waals surface area contributed by atoms with Crippen LogP contribution in [0.1, 0.15) is 0 Å². The first kappa shape index (κ1) is 14.1. The Morgan fingerprint density at radius 2 is 2.12 bits per heavy atom. The van der Waals surface area contributed by atoms with E-state index in [0.29, 0.717) is 22.9 Å². The van der Waals surface area contributed by atoms with Crippen LogP contribution in [0.3, 0.4) is 0 Å². The quantitative estimate of drug-likeness (QED) is 0.772. The van der Waals surface area contributed by atoms with Gasteiger partial charge in [0.25, 0.3) is 5.89 Å². The molecule has 3 aromatic rings. The van der Waals surface area contributed by atoms with Gasteiger partial charge in [0.05, 0.1) is 6.26 Å². The summed E-state index contributed by atoms with van der Waals surface area (Å²) in [6.07, 6.45) is 1.43. The molecule has 24 heavy (non-hydrogen) atoms. The van der Waals surface area contributed by atoms with Crippen molar-refractivity contribution >= 4 is 11.6 Å². The third-order valence-electron chi connectivity index (χ3n) is 3.29. The van der Waals surface area contributed by atoms with E-state index in [1.165, 1.54) is 6.26 Å². The van der Waals surface area contributed by atoms with Gasteiger partial charge in [0.15, 0.2) is 17.3 Å². The van der Waals surface area contributed by atoms with Crippen LogP contribution in [0.5, 0.6) is 11.5 Å². The number of hydrogen-bond donors (Lipinski definition) is 1. The van der Waals surface area contributed by atoms with Crippen LogP contribution >= 0.6 is 0 Å². The molecule has 3 heterocycles. The molecule has 9 heteroatoms. The molecule has 0 atom stereocenters. The maximum absolute atomic E-state index is 12.1. The number of hydrogen-bond acceptors (Lipinski definition) is 7. The highest BCUT2D eigenvalue weighted by atomic mass is 16.7. The predicted octanol–water partition coefficient (Wildman–Crippen LogP) is 1.46. The van der Waals surface area contributed by atoms with Crippen LogP contribution in [0.2, 0.25) is 0 Å². The van der Waals surface area contributed by atoms with Crippen molar-refractivity contribution in [1.82, 2.24) is 9.78 Å². The third kappa shape index (κ3) is 2.62. The van der Waals surface area contributed by atoms with Crippen molar-refractivity contribution < 1.29 is 23.1 Å². The van der Waals surface area contributed by atoms with Crippen molar-refractivity contribution in [2.45, 2.75) is 6.54 Å². The highest BCUT2D eigenvalue weighted by Crippen LogP contribution is 2.34. The summed E-state index contributed by atoms with van der Waals surface area (Å²) in [6.45, 7) is -0.145. The molecule has 1 amide bonds. The molecule has 0 unspecified atom stereocenters. The Kier molecular flexibility index (Phi) is 3.30. The van der Waals surface area contributed by atoms with Crippen LogP contribution in [-0.4, -0.2) is 22.5 Å². The standard InChI is InChI=1S/C15H11N3O6/c19-13(16-9-3-4-10-12(6-9)23-8-22-10)7-18-15(20)24-14(17-18)11-2-1-5-21-11/h1-6H,7-8H2,(H,16,19). The molecule has 122 valence electrons. The summed E-state index contributed by atoms with van der Waals surface area (Å²) in [5, 5.41) is 6.58. The van der Waals surface area contributed by atoms with Crippen LogP contribution in [0.4, 0.5) is 5.69 Å². The van der Waals surface area contributed by atoms with Gasteiger partial charge in [-0.25, -0.2) is 4.79 Å². The molecule has 0 bridgehead atoms. The summed E-state index contributed by atoms with van der Waals surface area (Å²) in [6, 6.07) is 8.24. The van der Waals surface area contributed by atoms with E-state index >= 15 is 0 Å². The third-order valence-corrected chi connectivity index (χ3v) is 3.29. The van der Waals surface area contributed by atoms with E-state index < -0.39 is 11.7 Å². The van der Waals surface area contributed by atoms with Crippen molar-refractivity contribution in [3.05, 3.63) is 47.1 Å². The molecule has 1 N–H and O–H groups in total. The van der Waals surface area contributed by atoms with Gasteiger partial charge in [0, 0.05) is 11.8 Å². The van der Waals surface area contributed by atoms with Crippen LogP contribution in [0, 0.1) is 0 Å². The minimum Gasteiger partial charge on any atom is -0.459 e. The molecule has 1 aliphatic heterocycles. The highest BCUT2D eigenvalue weighted by molar-refractivity contribution is 5.90. The van der Waals surface area contributed by atoms with Crippen molar-refractivity contribution in [1.29, 1.82) is 0 Å². The van der Waals surface area contributed by atoms with E-state index in [0.717, 1.165) is 4.68 Å². The molecule has 0 fully saturated rings. The van der Waals surface area contributed by atoms with E-state index in [1.54, 1.807) is 30.3 Å². The second-order valence-electron chi connectivity index (χ2n) is 4.92. The van der Waals surface area contributed by atoms with Crippen molar-refractivity contribution in [3.63, 3.8) is 0 Å². The zero-order chi connectivity index (χ0) is 16.5. The maximum Gasteiger partial charge on any atom is 0.437 e. The molecule has 4 rings (SSSR count). The zero-order valence-corrected chi connectivity index (χ0v) is 12.2. The zero-order valence-electron chi connectivity index (χ0n) is 12.2. The summed E-state index contributed by atoms with van der Waals surface area (Å²) in [7, 11) is 0. The lowest BCUT2D eigenvalue weighted by Gasteiger charge is -2.05. The lowest BCUT2D eigenvalue weighted by Crippen LogP contribution is -2.25. The number of furan rings is 1. The van der Waals surface area contributed by atoms with Crippen LogP contribution in [0.25, 0.3) is 11.7 Å². The van der Waals surface area contributed by atoms with Gasteiger partial charge in [0.1, 0.15) is 6.54 Å². The largest absolute Gasteiger partial charge is 0.459 e. The number of ether oxygens (including phenoxy) is 2. The first-order valence-corrected chi connectivity index (χ1v) is 7.00. The number of fused-ring (bicyclic) bond motifs is 1. The molecular formula is C15H11N3O6. The number of aromatic nitrogens is 2. The lowest BCUT2D eigenvalue weighted by molar-refractivity contribution is -0.117. The Morgan fingerprint density at radius 3 is 2.96 bits per heavy atom. The van der Waals surface area contributed by atoms with Crippen molar-refractivity contribution in [2.75, 3.05) is 12.1 Å². The van der Waals surface area contributed by atoms with Gasteiger partial charge in [-0.15, -0.1) is 5.10 Å². The summed E-state index contributed by atoms with van der Waals surface area (Å²) >= 11 is 0. The van der Waals surface area contributed by atoms with E-state index in [9.17, 15) is 9.59 Å². The molecule has 0 saturated heterocycles. The van der Waals surface area contributed by atoms with Crippen molar-refractivity contribution in [2.24, 2.45) is 0 Å². The summed E-state index contributed by atoms with van der Waals surface area (Å²) in [4.78, 5) is 23.8. The molecule has 0 saturated carbocycles. The Bertz CT molecular complexity index is 941. The second kappa shape index (κ2) is 5.61. The smallest absolute Gasteiger partial charge is 0.437 e. The molecule has 1 aromatic carbocycles. The van der Waals surface area contributed by atoms with E-state index in [-0.39, 0.29) is 19.2 Å². The van der Waals surface area contributed by atoms with Crippen LogP contribution in [-0.2, 0) is 11.3 Å². The topological polar surface area (TPSA) is 109 Å². The van der Waals surface area contributed by atoms with Gasteiger partial charge in [-0.2, -0.15) is 4.68 Å². The van der Waals surface area contributed by atoms with Gasteiger partial charge < -0.3 is 23.6 Å². The second-order valence-corrected chi connectivity index (χ2v) is 4.92. The molecule has 0 spiro atoms. The number of nitrogens with one attached hydrogen (secondary N) is 1. The number of rotatable bonds is 4. The minimum absolute atomic E-state index is 0.0147. The molecule has 0 aliphatic carbocycles. The number of anilines is 1. The molecular weight excluding hydrogens is 318 g/mol. The number of carbonyl (C=O) groups excluding carboxylic acids is 1. The van der Waals surface area contributed by atoms with Gasteiger partial charge in [-0.05, 0) is 24.3 Å². The normalized spacial score (nSPS) is 12.3. The van der Waals surface area contributed by atoms with Gasteiger partial charge in [0.2, 0.25) is 12.7 Å². The average molecular weight is 329 g/mol. The molecule has 1 aliphatic rings. The van der Waals surface area contributed by atoms with Crippen LogP contribution in [0.15, 0.2) is 50.2 Å². The first-order valence-electron chi connectivity index (χ1n) is 7.00. The van der Waals surface area contributed by atoms with E-state index in [1.807, 2.05) is 0 Å². The Morgan fingerprint density at radius 1 is 1.25 bits per heavy atom. The number of benzene rings is 1. The van der Waals surface area contributed by atoms with Crippen molar-refractivity contribution in [3.8, 4) is 23.1 Å². The monoisotopic (exact) mass is 329 g/mol. The van der Waals surface area contributed by atoms with Gasteiger partial charge >= 0.3 is 5.76 Å². The first-order chi connectivity index (χ1) is 11.7. The fourth-order valence-electron chi connectivity index (χ4n) is 2.22. The van der Waals surface area contributed by atoms with Gasteiger partial charge in [-0.1, -0.05) is 0 Å². The molecule has 2 aromatic heterocycles. The fourth-order valence-corrected chi connectivity index (χ4v) is 2.22. The summed E-state index contributed by atoms with van der Waals surface area (Å²) < 4.78 is 21.4. The Hall–Kier alpha value is -3.49. The maximum atomic E-state index is 12.1. The Labute approximate surface area is 134 Å². The summed E-state index contributed by atoms with van der Waals surface area (Å²) in [5.41, 5.74) is 0.520. The van der Waals surface area contributed by atoms with Gasteiger partial charge in [-0.3, -0.25) is 4.79 Å². The predicted molar refractivity (Wildman–Crippen MR) is 79.7 cm³/mol. The number of nitrogens with zero attached hydrogens (tertiary/aromatic N) is 2. The average Bonchev–Trinajstić information content (AvgIpc) is 3.28. The van der Waals surface area contributed by atoms with E-state index in [4.69, 9.17) is 18.3 Å². The Balaban J connectivity index is 1.47. The number of amides is 1. The fraction of sp³-hybridized carbons (Fsp3) is 0.133. The summed E-state index contributed by atoms with van der Waals surface area (Å²) in [5.74, 6) is 0.302. The number of carbonyl (C=O) groups is 1.